The summed E-state index contributed by atoms with van der Waals surface area (Å²) >= 11 is 6.21. The van der Waals surface area contributed by atoms with Crippen molar-refractivity contribution < 1.29 is 23.5 Å². The Morgan fingerprint density at radius 2 is 1.67 bits per heavy atom. The molecule has 1 aromatic rings. The molecule has 0 atom stereocenters. The van der Waals surface area contributed by atoms with E-state index in [1.54, 1.807) is 41.5 Å². The summed E-state index contributed by atoms with van der Waals surface area (Å²) in [4.78, 5) is 26.1. The maximum atomic E-state index is 13.5. The van der Waals surface area contributed by atoms with Gasteiger partial charge in [0, 0.05) is 5.02 Å². The molecule has 1 aliphatic rings. The van der Waals surface area contributed by atoms with Gasteiger partial charge < -0.3 is 19.7 Å². The first-order valence-corrected chi connectivity index (χ1v) is 9.03. The topological polar surface area (TPSA) is 67.9 Å². The molecule has 0 unspecified atom stereocenters. The molecule has 1 N–H and O–H groups in total. The minimum Gasteiger partial charge on any atom is -0.444 e. The summed E-state index contributed by atoms with van der Waals surface area (Å²) in [5.41, 5.74) is -1.80. The van der Waals surface area contributed by atoms with E-state index in [0.29, 0.717) is 5.56 Å². The summed E-state index contributed by atoms with van der Waals surface area (Å²) < 4.78 is 24.1. The van der Waals surface area contributed by atoms with Crippen molar-refractivity contribution in [2.45, 2.75) is 58.3 Å². The highest BCUT2D eigenvalue weighted by atomic mass is 35.5. The Balaban J connectivity index is 2.24. The largest absolute Gasteiger partial charge is 0.444 e. The summed E-state index contributed by atoms with van der Waals surface area (Å²) in [6.07, 6.45) is -1.14. The van der Waals surface area contributed by atoms with E-state index in [0.717, 1.165) is 0 Å². The SMILES string of the molecule is CC(C)(C)OC(=O)NC1(c2ccc(F)cc2Cl)CN(C(=O)OC(C)(C)C)C1. The second-order valence-electron chi connectivity index (χ2n) is 8.67. The molecule has 150 valence electrons. The molecule has 8 heteroatoms. The molecule has 0 radical (unpaired) electrons. The molecule has 1 saturated heterocycles. The van der Waals surface area contributed by atoms with Gasteiger partial charge in [-0.2, -0.15) is 0 Å². The highest BCUT2D eigenvalue weighted by molar-refractivity contribution is 6.31. The summed E-state index contributed by atoms with van der Waals surface area (Å²) in [6, 6.07) is 3.93. The first-order chi connectivity index (χ1) is 12.2. The minimum atomic E-state index is -0.982. The van der Waals surface area contributed by atoms with E-state index in [9.17, 15) is 14.0 Å². The normalized spacial score (nSPS) is 16.4. The molecule has 0 aromatic heterocycles. The summed E-state index contributed by atoms with van der Waals surface area (Å²) in [5, 5.41) is 2.96. The van der Waals surface area contributed by atoms with E-state index in [1.807, 2.05) is 0 Å². The molecule has 1 heterocycles. The van der Waals surface area contributed by atoms with Gasteiger partial charge in [0.2, 0.25) is 0 Å². The van der Waals surface area contributed by atoms with Crippen LogP contribution in [0.25, 0.3) is 0 Å². The van der Waals surface area contributed by atoms with Crippen LogP contribution < -0.4 is 5.32 Å². The Kier molecular flexibility index (Phi) is 5.66. The van der Waals surface area contributed by atoms with Gasteiger partial charge in [0.1, 0.15) is 22.6 Å². The molecule has 0 aliphatic carbocycles. The van der Waals surface area contributed by atoms with Gasteiger partial charge in [-0.05, 0) is 59.2 Å². The Morgan fingerprint density at radius 3 is 2.15 bits per heavy atom. The predicted molar refractivity (Wildman–Crippen MR) is 100 cm³/mol. The lowest BCUT2D eigenvalue weighted by Crippen LogP contribution is -2.69. The molecule has 2 amide bonds. The van der Waals surface area contributed by atoms with Crippen LogP contribution in [0, 0.1) is 5.82 Å². The smallest absolute Gasteiger partial charge is 0.410 e. The quantitative estimate of drug-likeness (QED) is 0.796. The average Bonchev–Trinajstić information content (AvgIpc) is 2.38. The molecule has 6 nitrogen and oxygen atoms in total. The fourth-order valence-electron chi connectivity index (χ4n) is 2.75. The number of amides is 2. The average molecular weight is 401 g/mol. The Labute approximate surface area is 163 Å². The lowest BCUT2D eigenvalue weighted by Gasteiger charge is -2.50. The number of carbonyl (C=O) groups is 2. The van der Waals surface area contributed by atoms with Gasteiger partial charge in [0.15, 0.2) is 0 Å². The number of hydrogen-bond donors (Lipinski definition) is 1. The van der Waals surface area contributed by atoms with Crippen molar-refractivity contribution in [1.82, 2.24) is 10.2 Å². The number of nitrogens with one attached hydrogen (secondary N) is 1. The van der Waals surface area contributed by atoms with Crippen LogP contribution in [0.15, 0.2) is 18.2 Å². The lowest BCUT2D eigenvalue weighted by atomic mass is 9.82. The first kappa shape index (κ1) is 21.3. The molecule has 0 bridgehead atoms. The van der Waals surface area contributed by atoms with Crippen molar-refractivity contribution in [3.8, 4) is 0 Å². The number of carbonyl (C=O) groups excluding carboxylic acids is 2. The number of hydrogen-bond acceptors (Lipinski definition) is 4. The van der Waals surface area contributed by atoms with Crippen molar-refractivity contribution in [2.24, 2.45) is 0 Å². The number of ether oxygens (including phenoxy) is 2. The van der Waals surface area contributed by atoms with Crippen molar-refractivity contribution in [3.05, 3.63) is 34.6 Å². The minimum absolute atomic E-state index is 0.131. The van der Waals surface area contributed by atoms with E-state index in [2.05, 4.69) is 5.32 Å². The molecule has 2 rings (SSSR count). The number of benzene rings is 1. The molecular formula is C19H26ClFN2O4. The highest BCUT2D eigenvalue weighted by Crippen LogP contribution is 2.37. The van der Waals surface area contributed by atoms with Crippen LogP contribution in [0.1, 0.15) is 47.1 Å². The Bertz CT molecular complexity index is 734. The molecule has 1 fully saturated rings. The predicted octanol–water partition coefficient (Wildman–Crippen LogP) is 4.45. The third-order valence-electron chi connectivity index (χ3n) is 3.76. The standard InChI is InChI=1S/C19H26ClFN2O4/c1-17(2,3)26-15(24)22-19(13-8-7-12(21)9-14(13)20)10-23(11-19)16(25)27-18(4,5)6/h7-9H,10-11H2,1-6H3,(H,22,24). The third kappa shape index (κ3) is 5.48. The van der Waals surface area contributed by atoms with Crippen molar-refractivity contribution in [1.29, 1.82) is 0 Å². The number of halogens is 2. The number of alkyl carbamates (subject to hydrolysis) is 1. The van der Waals surface area contributed by atoms with Crippen molar-refractivity contribution in [2.75, 3.05) is 13.1 Å². The van der Waals surface area contributed by atoms with E-state index in [1.165, 1.54) is 23.1 Å². The first-order valence-electron chi connectivity index (χ1n) is 8.65. The fraction of sp³-hybridized carbons (Fsp3) is 0.579. The van der Waals surface area contributed by atoms with Crippen LogP contribution in [0.3, 0.4) is 0 Å². The molecule has 1 aliphatic heterocycles. The van der Waals surface area contributed by atoms with Gasteiger partial charge in [-0.1, -0.05) is 17.7 Å². The van der Waals surface area contributed by atoms with Gasteiger partial charge in [-0.25, -0.2) is 14.0 Å². The summed E-state index contributed by atoms with van der Waals surface area (Å²) in [7, 11) is 0. The highest BCUT2D eigenvalue weighted by Gasteiger charge is 2.50. The molecule has 0 spiro atoms. The number of rotatable bonds is 2. The fourth-order valence-corrected chi connectivity index (χ4v) is 3.10. The zero-order valence-corrected chi connectivity index (χ0v) is 17.2. The maximum Gasteiger partial charge on any atom is 0.410 e. The molecular weight excluding hydrogens is 375 g/mol. The summed E-state index contributed by atoms with van der Waals surface area (Å²) in [6.45, 7) is 10.8. The lowest BCUT2D eigenvalue weighted by molar-refractivity contribution is -0.0229. The second-order valence-corrected chi connectivity index (χ2v) is 9.08. The van der Waals surface area contributed by atoms with E-state index in [4.69, 9.17) is 21.1 Å². The zero-order chi connectivity index (χ0) is 20.6. The maximum absolute atomic E-state index is 13.5. The van der Waals surface area contributed by atoms with Gasteiger partial charge in [0.25, 0.3) is 0 Å². The van der Waals surface area contributed by atoms with Gasteiger partial charge in [-0.3, -0.25) is 0 Å². The van der Waals surface area contributed by atoms with Crippen LogP contribution >= 0.6 is 11.6 Å². The molecule has 0 saturated carbocycles. The molecule has 1 aromatic carbocycles. The van der Waals surface area contributed by atoms with Crippen LogP contribution in [-0.4, -0.2) is 41.4 Å². The Morgan fingerprint density at radius 1 is 1.11 bits per heavy atom. The van der Waals surface area contributed by atoms with Crippen molar-refractivity contribution in [3.63, 3.8) is 0 Å². The van der Waals surface area contributed by atoms with Crippen molar-refractivity contribution >= 4 is 23.8 Å². The van der Waals surface area contributed by atoms with E-state index >= 15 is 0 Å². The van der Waals surface area contributed by atoms with E-state index in [-0.39, 0.29) is 18.1 Å². The van der Waals surface area contributed by atoms with Gasteiger partial charge in [0.05, 0.1) is 13.1 Å². The van der Waals surface area contributed by atoms with E-state index < -0.39 is 34.7 Å². The van der Waals surface area contributed by atoms with Crippen LogP contribution in [-0.2, 0) is 15.0 Å². The van der Waals surface area contributed by atoms with Crippen LogP contribution in [0.5, 0.6) is 0 Å². The van der Waals surface area contributed by atoms with Gasteiger partial charge >= 0.3 is 12.2 Å². The second kappa shape index (κ2) is 7.19. The van der Waals surface area contributed by atoms with Crippen LogP contribution in [0.2, 0.25) is 5.02 Å². The molecule has 27 heavy (non-hydrogen) atoms. The third-order valence-corrected chi connectivity index (χ3v) is 4.07. The zero-order valence-electron chi connectivity index (χ0n) is 16.5. The number of nitrogens with zero attached hydrogens (tertiary/aromatic N) is 1. The number of likely N-dealkylation sites (tertiary alicyclic amines) is 1. The monoisotopic (exact) mass is 400 g/mol. The summed E-state index contributed by atoms with van der Waals surface area (Å²) in [5.74, 6) is -0.487. The van der Waals surface area contributed by atoms with Crippen LogP contribution in [0.4, 0.5) is 14.0 Å². The van der Waals surface area contributed by atoms with Gasteiger partial charge in [-0.15, -0.1) is 0 Å². The Hall–Kier alpha value is -2.02.